The fourth-order valence-electron chi connectivity index (χ4n) is 5.20. The van der Waals surface area contributed by atoms with Crippen LogP contribution >= 0.6 is 0 Å². The van der Waals surface area contributed by atoms with Gasteiger partial charge in [0, 0.05) is 47.1 Å². The summed E-state index contributed by atoms with van der Waals surface area (Å²) in [4.78, 5) is 19.5. The summed E-state index contributed by atoms with van der Waals surface area (Å²) >= 11 is 0. The number of carbonyl (C=O) groups excluding carboxylic acids is 1. The first-order valence-corrected chi connectivity index (χ1v) is 10.1. The second-order valence-electron chi connectivity index (χ2n) is 10.4. The summed E-state index contributed by atoms with van der Waals surface area (Å²) in [5.74, 6) is 0.835. The number of hydrogen-bond acceptors (Lipinski definition) is 3. The topological polar surface area (TPSA) is 53.4 Å². The van der Waals surface area contributed by atoms with E-state index in [4.69, 9.17) is 4.98 Å². The highest BCUT2D eigenvalue weighted by molar-refractivity contribution is 5.81. The molecule has 1 saturated heterocycles. The summed E-state index contributed by atoms with van der Waals surface area (Å²) in [6, 6.07) is 6.45. The molecule has 4 nitrogen and oxygen atoms in total. The molecule has 2 aliphatic carbocycles. The highest BCUT2D eigenvalue weighted by Gasteiger charge is 2.53. The number of amides is 1. The molecular weight excluding hydrogens is 324 g/mol. The second-order valence-corrected chi connectivity index (χ2v) is 10.4. The summed E-state index contributed by atoms with van der Waals surface area (Å²) in [6.07, 6.45) is 4.79. The number of rotatable bonds is 2. The zero-order chi connectivity index (χ0) is 18.7. The number of carbonyl (C=O) groups is 1. The van der Waals surface area contributed by atoms with Gasteiger partial charge in [0.15, 0.2) is 0 Å². The van der Waals surface area contributed by atoms with Crippen molar-refractivity contribution in [1.82, 2.24) is 9.88 Å². The maximum Gasteiger partial charge on any atom is 0.225 e. The molecule has 0 radical (unpaired) electrons. The van der Waals surface area contributed by atoms with Gasteiger partial charge < -0.3 is 10.0 Å². The Hall–Kier alpha value is -1.42. The molecule has 26 heavy (non-hydrogen) atoms. The molecule has 1 atom stereocenters. The van der Waals surface area contributed by atoms with Gasteiger partial charge in [0.25, 0.3) is 0 Å². The molecule has 1 aliphatic heterocycles. The lowest BCUT2D eigenvalue weighted by Gasteiger charge is -2.52. The Labute approximate surface area is 157 Å². The third-order valence-corrected chi connectivity index (χ3v) is 6.75. The van der Waals surface area contributed by atoms with Crippen LogP contribution in [0.25, 0.3) is 0 Å². The van der Waals surface area contributed by atoms with Gasteiger partial charge in [-0.1, -0.05) is 26.8 Å². The van der Waals surface area contributed by atoms with Gasteiger partial charge in [0.1, 0.15) is 0 Å². The maximum absolute atomic E-state index is 12.5. The smallest absolute Gasteiger partial charge is 0.225 e. The molecule has 3 fully saturated rings. The molecule has 0 bridgehead atoms. The highest BCUT2D eigenvalue weighted by Crippen LogP contribution is 2.52. The van der Waals surface area contributed by atoms with Crippen molar-refractivity contribution in [2.45, 2.75) is 76.7 Å². The van der Waals surface area contributed by atoms with Gasteiger partial charge in [-0.3, -0.25) is 9.78 Å². The lowest BCUT2D eigenvalue weighted by molar-refractivity contribution is -0.161. The third-order valence-electron chi connectivity index (χ3n) is 6.75. The second kappa shape index (κ2) is 5.79. The Balaban J connectivity index is 1.36. The van der Waals surface area contributed by atoms with Gasteiger partial charge in [-0.2, -0.15) is 0 Å². The molecule has 1 aromatic rings. The molecule has 0 aromatic carbocycles. The normalized spacial score (nSPS) is 33.0. The van der Waals surface area contributed by atoms with Crippen LogP contribution in [0, 0.1) is 11.3 Å². The number of aliphatic hydroxyl groups is 1. The van der Waals surface area contributed by atoms with Crippen molar-refractivity contribution in [3.63, 3.8) is 0 Å². The summed E-state index contributed by atoms with van der Waals surface area (Å²) < 4.78 is 0. The lowest BCUT2D eigenvalue weighted by atomic mass is 9.69. The molecule has 1 spiro atoms. The van der Waals surface area contributed by atoms with E-state index in [9.17, 15) is 9.90 Å². The SMILES string of the molecule is CC1(O)CC(C(=O)N2CC3(CC[C@@H](c4cccc(C(C)(C)C)n4)C3)C2)C1. The minimum Gasteiger partial charge on any atom is -0.390 e. The molecule has 0 unspecified atom stereocenters. The molecule has 3 aliphatic rings. The summed E-state index contributed by atoms with van der Waals surface area (Å²) in [5.41, 5.74) is 2.17. The third kappa shape index (κ3) is 3.17. The van der Waals surface area contributed by atoms with Crippen molar-refractivity contribution in [3.8, 4) is 0 Å². The first-order chi connectivity index (χ1) is 12.1. The molecule has 1 N–H and O–H groups in total. The van der Waals surface area contributed by atoms with Crippen LogP contribution in [0.15, 0.2) is 18.2 Å². The number of nitrogens with zero attached hydrogens (tertiary/aromatic N) is 2. The van der Waals surface area contributed by atoms with Crippen LogP contribution in [0.3, 0.4) is 0 Å². The van der Waals surface area contributed by atoms with Crippen molar-refractivity contribution >= 4 is 5.91 Å². The van der Waals surface area contributed by atoms with E-state index in [1.54, 1.807) is 0 Å². The Morgan fingerprint density at radius 2 is 1.92 bits per heavy atom. The van der Waals surface area contributed by atoms with Crippen molar-refractivity contribution in [2.24, 2.45) is 11.3 Å². The van der Waals surface area contributed by atoms with Crippen molar-refractivity contribution in [1.29, 1.82) is 0 Å². The van der Waals surface area contributed by atoms with Gasteiger partial charge in [0.05, 0.1) is 5.60 Å². The van der Waals surface area contributed by atoms with Crippen molar-refractivity contribution < 1.29 is 9.90 Å². The molecule has 142 valence electrons. The van der Waals surface area contributed by atoms with Crippen LogP contribution in [0.4, 0.5) is 0 Å². The molecule has 2 heterocycles. The van der Waals surface area contributed by atoms with E-state index in [2.05, 4.69) is 39.0 Å². The summed E-state index contributed by atoms with van der Waals surface area (Å²) in [5, 5.41) is 9.87. The number of pyridine rings is 1. The van der Waals surface area contributed by atoms with Crippen LogP contribution in [-0.2, 0) is 10.2 Å². The first kappa shape index (κ1) is 18.0. The average molecular weight is 357 g/mol. The van der Waals surface area contributed by atoms with Gasteiger partial charge in [-0.05, 0) is 51.2 Å². The van der Waals surface area contributed by atoms with E-state index in [1.165, 1.54) is 24.2 Å². The largest absolute Gasteiger partial charge is 0.390 e. The molecule has 4 heteroatoms. The summed E-state index contributed by atoms with van der Waals surface area (Å²) in [7, 11) is 0. The quantitative estimate of drug-likeness (QED) is 0.880. The van der Waals surface area contributed by atoms with Gasteiger partial charge in [-0.25, -0.2) is 0 Å². The Kier molecular flexibility index (Phi) is 4.00. The monoisotopic (exact) mass is 356 g/mol. The Bertz CT molecular complexity index is 705. The van der Waals surface area contributed by atoms with E-state index < -0.39 is 5.60 Å². The molecule has 1 aromatic heterocycles. The minimum atomic E-state index is -0.620. The Morgan fingerprint density at radius 3 is 2.54 bits per heavy atom. The van der Waals surface area contributed by atoms with Crippen molar-refractivity contribution in [2.75, 3.05) is 13.1 Å². The lowest BCUT2D eigenvalue weighted by Crippen LogP contribution is -2.61. The van der Waals surface area contributed by atoms with Crippen LogP contribution in [0.5, 0.6) is 0 Å². The molecular formula is C22H32N2O2. The fourth-order valence-corrected chi connectivity index (χ4v) is 5.20. The zero-order valence-corrected chi connectivity index (χ0v) is 16.6. The van der Waals surface area contributed by atoms with Gasteiger partial charge in [-0.15, -0.1) is 0 Å². The summed E-state index contributed by atoms with van der Waals surface area (Å²) in [6.45, 7) is 10.3. The van der Waals surface area contributed by atoms with Gasteiger partial charge >= 0.3 is 0 Å². The van der Waals surface area contributed by atoms with Crippen LogP contribution in [0.1, 0.15) is 77.1 Å². The predicted molar refractivity (Wildman–Crippen MR) is 102 cm³/mol. The number of aromatic nitrogens is 1. The molecule has 4 rings (SSSR count). The van der Waals surface area contributed by atoms with E-state index in [-0.39, 0.29) is 17.2 Å². The van der Waals surface area contributed by atoms with Crippen LogP contribution in [0.2, 0.25) is 0 Å². The molecule has 2 saturated carbocycles. The van der Waals surface area contributed by atoms with E-state index in [0.717, 1.165) is 19.5 Å². The fraction of sp³-hybridized carbons (Fsp3) is 0.727. The van der Waals surface area contributed by atoms with Gasteiger partial charge in [0.2, 0.25) is 5.91 Å². The van der Waals surface area contributed by atoms with E-state index in [0.29, 0.717) is 24.2 Å². The van der Waals surface area contributed by atoms with E-state index in [1.807, 2.05) is 11.8 Å². The number of likely N-dealkylation sites (tertiary alicyclic amines) is 1. The molecule has 1 amide bonds. The standard InChI is InChI=1S/C22H32N2O2/c1-20(2,3)18-7-5-6-17(23-18)15-8-9-22(12-15)13-24(14-22)19(25)16-10-21(4,26)11-16/h5-7,15-16,26H,8-14H2,1-4H3/t15-,16?,21?/m1/s1. The first-order valence-electron chi connectivity index (χ1n) is 10.1. The minimum absolute atomic E-state index is 0.0460. The van der Waals surface area contributed by atoms with Crippen LogP contribution < -0.4 is 0 Å². The maximum atomic E-state index is 12.5. The highest BCUT2D eigenvalue weighted by atomic mass is 16.3. The number of hydrogen-bond donors (Lipinski definition) is 1. The van der Waals surface area contributed by atoms with E-state index >= 15 is 0 Å². The van der Waals surface area contributed by atoms with Crippen LogP contribution in [-0.4, -0.2) is 39.6 Å². The van der Waals surface area contributed by atoms with Crippen molar-refractivity contribution in [3.05, 3.63) is 29.6 Å². The Morgan fingerprint density at radius 1 is 1.23 bits per heavy atom. The zero-order valence-electron chi connectivity index (χ0n) is 16.6. The predicted octanol–water partition coefficient (Wildman–Crippen LogP) is 3.64. The average Bonchev–Trinajstić information content (AvgIpc) is 2.95.